The van der Waals surface area contributed by atoms with Crippen LogP contribution >= 0.6 is 0 Å². The molecule has 0 saturated carbocycles. The third-order valence-electron chi connectivity index (χ3n) is 10.1. The highest BCUT2D eigenvalue weighted by Crippen LogP contribution is 2.33. The zero-order valence-electron chi connectivity index (χ0n) is 39.5. The molecule has 0 aliphatic heterocycles. The van der Waals surface area contributed by atoms with Gasteiger partial charge in [-0.15, -0.1) is 0 Å². The minimum absolute atomic E-state index is 0.0154. The summed E-state index contributed by atoms with van der Waals surface area (Å²) in [5, 5.41) is 9.01. The van der Waals surface area contributed by atoms with Crippen molar-refractivity contribution < 1.29 is 54.9 Å². The predicted octanol–water partition coefficient (Wildman–Crippen LogP) is 11.3. The summed E-state index contributed by atoms with van der Waals surface area (Å²) in [5.41, 5.74) is 0.367. The maximum absolute atomic E-state index is 13.0. The van der Waals surface area contributed by atoms with Crippen molar-refractivity contribution in [3.05, 3.63) is 168 Å². The van der Waals surface area contributed by atoms with Gasteiger partial charge in [-0.2, -0.15) is 26.3 Å². The van der Waals surface area contributed by atoms with E-state index in [2.05, 4.69) is 45.9 Å². The van der Waals surface area contributed by atoms with Crippen LogP contribution in [0.25, 0.3) is 21.8 Å². The first kappa shape index (κ1) is 52.0. The summed E-state index contributed by atoms with van der Waals surface area (Å²) in [6.45, 7) is 6.03. The molecule has 8 aromatic rings. The number of amides is 3. The second kappa shape index (κ2) is 22.1. The molecule has 4 heterocycles. The summed E-state index contributed by atoms with van der Waals surface area (Å²) in [4.78, 5) is 64.6. The van der Waals surface area contributed by atoms with E-state index in [1.807, 2.05) is 0 Å². The number of carbonyl (C=O) groups excluding carboxylic acids is 3. The number of nitrogens with one attached hydrogen (secondary N) is 3. The van der Waals surface area contributed by atoms with Crippen molar-refractivity contribution in [2.75, 3.05) is 24.7 Å². The van der Waals surface area contributed by atoms with Gasteiger partial charge in [0.1, 0.15) is 18.3 Å². The number of pyridine rings is 2. The van der Waals surface area contributed by atoms with Crippen LogP contribution in [0.15, 0.2) is 134 Å². The van der Waals surface area contributed by atoms with E-state index in [0.29, 0.717) is 39.9 Å². The molecule has 8 rings (SSSR count). The molecular weight excluding hydrogens is 963 g/mol. The van der Waals surface area contributed by atoms with E-state index in [9.17, 15) is 40.7 Å². The molecule has 0 bridgehead atoms. The van der Waals surface area contributed by atoms with Crippen LogP contribution in [0.5, 0.6) is 23.5 Å². The second-order valence-electron chi connectivity index (χ2n) is 16.9. The van der Waals surface area contributed by atoms with Gasteiger partial charge < -0.3 is 35.1 Å². The molecule has 0 aliphatic rings. The number of alkyl halides is 6. The highest BCUT2D eigenvalue weighted by atomic mass is 19.4. The Balaban J connectivity index is 0.000000218. The topological polar surface area (TPSA) is 196 Å². The van der Waals surface area contributed by atoms with Crippen LogP contribution in [0, 0.1) is 0 Å². The highest BCUT2D eigenvalue weighted by Gasteiger charge is 2.32. The van der Waals surface area contributed by atoms with Gasteiger partial charge in [0.25, 0.3) is 11.8 Å². The Kier molecular flexibility index (Phi) is 15.8. The number of halogens is 6. The SMILES string of the molecule is CN(Cc1cc(Oc2ccc3c(C(=O)Nc4cccc(C(F)(F)F)c4)cccc3n2)ncn1)C(=O)OC(C)(C)C.CNCc1cc(Oc2ccc3c(C(=O)Nc4cccc(C(F)(F)F)c4)cccc3n2)ncn1. The Labute approximate surface area is 412 Å². The van der Waals surface area contributed by atoms with Gasteiger partial charge in [0.2, 0.25) is 23.5 Å². The Morgan fingerprint density at radius 1 is 0.562 bits per heavy atom. The van der Waals surface area contributed by atoms with Crippen LogP contribution in [0.1, 0.15) is 64.0 Å². The largest absolute Gasteiger partial charge is 0.444 e. The van der Waals surface area contributed by atoms with Gasteiger partial charge in [0.05, 0.1) is 40.1 Å². The molecule has 3 N–H and O–H groups in total. The third-order valence-corrected chi connectivity index (χ3v) is 10.1. The first-order chi connectivity index (χ1) is 34.6. The van der Waals surface area contributed by atoms with Crippen molar-refractivity contribution in [1.29, 1.82) is 0 Å². The number of nitrogens with zero attached hydrogens (tertiary/aromatic N) is 7. The van der Waals surface area contributed by atoms with Gasteiger partial charge >= 0.3 is 18.4 Å². The maximum atomic E-state index is 13.0. The van der Waals surface area contributed by atoms with Gasteiger partial charge in [0.15, 0.2) is 0 Å². The summed E-state index contributed by atoms with van der Waals surface area (Å²) >= 11 is 0. The normalized spacial score (nSPS) is 11.5. The fourth-order valence-corrected chi connectivity index (χ4v) is 6.82. The molecule has 4 aromatic heterocycles. The molecule has 0 saturated heterocycles. The molecule has 0 atom stereocenters. The highest BCUT2D eigenvalue weighted by molar-refractivity contribution is 6.13. The lowest BCUT2D eigenvalue weighted by Gasteiger charge is -2.24. The molecule has 3 amide bonds. The van der Waals surface area contributed by atoms with Crippen LogP contribution in [0.2, 0.25) is 0 Å². The van der Waals surface area contributed by atoms with Crippen LogP contribution in [-0.2, 0) is 30.2 Å². The molecule has 0 radical (unpaired) electrons. The fourth-order valence-electron chi connectivity index (χ4n) is 6.82. The molecule has 376 valence electrons. The van der Waals surface area contributed by atoms with Gasteiger partial charge in [0, 0.05) is 71.1 Å². The number of hydrogen-bond acceptors (Lipinski definition) is 13. The van der Waals surface area contributed by atoms with E-state index < -0.39 is 47.0 Å². The number of ether oxygens (including phenoxy) is 3. The Morgan fingerprint density at radius 3 is 1.47 bits per heavy atom. The van der Waals surface area contributed by atoms with Crippen LogP contribution in [0.4, 0.5) is 42.5 Å². The number of fused-ring (bicyclic) bond motifs is 2. The van der Waals surface area contributed by atoms with Crippen molar-refractivity contribution in [2.45, 2.75) is 51.8 Å². The van der Waals surface area contributed by atoms with Crippen molar-refractivity contribution >= 4 is 51.1 Å². The lowest BCUT2D eigenvalue weighted by Crippen LogP contribution is -2.34. The number of rotatable bonds is 12. The third kappa shape index (κ3) is 14.2. The predicted molar refractivity (Wildman–Crippen MR) is 257 cm³/mol. The summed E-state index contributed by atoms with van der Waals surface area (Å²) in [6, 6.07) is 28.3. The Hall–Kier alpha value is -8.79. The van der Waals surface area contributed by atoms with Gasteiger partial charge in [-0.05, 0) is 101 Å². The number of carbonyl (C=O) groups is 3. The van der Waals surface area contributed by atoms with Gasteiger partial charge in [-0.1, -0.05) is 24.3 Å². The monoisotopic (exact) mass is 1010 g/mol. The minimum Gasteiger partial charge on any atom is -0.444 e. The summed E-state index contributed by atoms with van der Waals surface area (Å²) in [5.74, 6) is -0.175. The van der Waals surface area contributed by atoms with Crippen LogP contribution in [-0.4, -0.2) is 72.4 Å². The van der Waals surface area contributed by atoms with E-state index in [4.69, 9.17) is 14.2 Å². The molecule has 73 heavy (non-hydrogen) atoms. The summed E-state index contributed by atoms with van der Waals surface area (Å²) in [7, 11) is 3.39. The first-order valence-electron chi connectivity index (χ1n) is 21.9. The van der Waals surface area contributed by atoms with Gasteiger partial charge in [-0.25, -0.2) is 34.7 Å². The average molecular weight is 1010 g/mol. The quantitative estimate of drug-likeness (QED) is 0.0979. The zero-order valence-corrected chi connectivity index (χ0v) is 39.5. The van der Waals surface area contributed by atoms with E-state index in [-0.39, 0.29) is 46.7 Å². The van der Waals surface area contributed by atoms with Crippen molar-refractivity contribution in [1.82, 2.24) is 40.1 Å². The Morgan fingerprint density at radius 2 is 1.01 bits per heavy atom. The van der Waals surface area contributed by atoms with Crippen LogP contribution < -0.4 is 25.4 Å². The summed E-state index contributed by atoms with van der Waals surface area (Å²) in [6.07, 6.45) is -6.85. The zero-order chi connectivity index (χ0) is 52.5. The second-order valence-corrected chi connectivity index (χ2v) is 16.9. The lowest BCUT2D eigenvalue weighted by atomic mass is 10.1. The molecule has 0 unspecified atom stereocenters. The number of hydrogen-bond donors (Lipinski definition) is 3. The molecule has 0 aliphatic carbocycles. The molecule has 16 nitrogen and oxygen atoms in total. The number of anilines is 2. The maximum Gasteiger partial charge on any atom is 0.416 e. The average Bonchev–Trinajstić information content (AvgIpc) is 3.33. The van der Waals surface area contributed by atoms with Gasteiger partial charge in [-0.3, -0.25) is 9.59 Å². The molecular formula is C51H44F6N10O6. The molecule has 0 fully saturated rings. The molecule has 4 aromatic carbocycles. The lowest BCUT2D eigenvalue weighted by molar-refractivity contribution is -0.138. The fraction of sp³-hybridized carbons (Fsp3) is 0.196. The summed E-state index contributed by atoms with van der Waals surface area (Å²) < 4.78 is 94.8. The molecule has 22 heteroatoms. The number of benzene rings is 4. The van der Waals surface area contributed by atoms with Crippen molar-refractivity contribution in [2.24, 2.45) is 0 Å². The van der Waals surface area contributed by atoms with Crippen molar-refractivity contribution in [3.8, 4) is 23.5 Å². The van der Waals surface area contributed by atoms with Crippen LogP contribution in [0.3, 0.4) is 0 Å². The standard InChI is InChI=1S/C28H26F3N5O4.C23H18F3N5O2/c1-27(2,3)40-26(38)36(4)15-19-14-24(33-16-32-19)39-23-12-11-20-21(9-6-10-22(20)35-23)25(37)34-18-8-5-7-17(13-18)28(29,30)31;1-27-12-16-11-21(29-13-28-16)33-20-9-8-17-18(6-3-7-19(17)31-20)22(32)30-15-5-2-4-14(10-15)23(24,25)26/h5-14,16H,15H2,1-4H3,(H,34,37);2-11,13,27H,12H2,1H3,(H,30,32). The van der Waals surface area contributed by atoms with E-state index in [1.165, 1.54) is 47.9 Å². The van der Waals surface area contributed by atoms with E-state index in [0.717, 1.165) is 30.0 Å². The van der Waals surface area contributed by atoms with E-state index >= 15 is 0 Å². The van der Waals surface area contributed by atoms with E-state index in [1.54, 1.807) is 102 Å². The smallest absolute Gasteiger partial charge is 0.416 e. The number of aromatic nitrogens is 6. The Bertz CT molecular complexity index is 3300. The first-order valence-corrected chi connectivity index (χ1v) is 21.9. The van der Waals surface area contributed by atoms with Crippen molar-refractivity contribution in [3.63, 3.8) is 0 Å². The molecule has 0 spiro atoms. The minimum atomic E-state index is -4.53.